The smallest absolute Gasteiger partial charge is 0.150 e. The average Bonchev–Trinajstić information content (AvgIpc) is 2.45. The molecule has 0 amide bonds. The molecule has 0 fully saturated rings. The van der Waals surface area contributed by atoms with Crippen LogP contribution in [0.4, 0.5) is 5.82 Å². The molecular weight excluding hydrogens is 252 g/mol. The standard InChI is InChI=1S/C15H21N4O/c1-10(2)13-9-18(20)7-11-8-19(16-3)15-12(14(11)13)5-4-6-17-15/h4-6,10,13,16H,7-9H2,1-3H3/q-1. The second-order valence-electron chi connectivity index (χ2n) is 5.87. The fourth-order valence-electron chi connectivity index (χ4n) is 3.28. The van der Waals surface area contributed by atoms with Crippen LogP contribution in [-0.4, -0.2) is 36.7 Å². The number of hydrogen-bond donors (Lipinski definition) is 1. The number of hydroxylamine groups is 2. The van der Waals surface area contributed by atoms with Gasteiger partial charge in [-0.3, -0.25) is 5.01 Å². The first-order valence-corrected chi connectivity index (χ1v) is 7.16. The molecule has 1 atom stereocenters. The summed E-state index contributed by atoms with van der Waals surface area (Å²) < 4.78 is 0. The molecule has 2 aliphatic rings. The van der Waals surface area contributed by atoms with Gasteiger partial charge in [0, 0.05) is 25.4 Å². The van der Waals surface area contributed by atoms with Crippen LogP contribution in [0.2, 0.25) is 0 Å². The summed E-state index contributed by atoms with van der Waals surface area (Å²) in [4.78, 5) is 4.51. The first-order valence-electron chi connectivity index (χ1n) is 7.16. The molecule has 0 aliphatic carbocycles. The Morgan fingerprint density at radius 2 is 2.20 bits per heavy atom. The quantitative estimate of drug-likeness (QED) is 0.891. The van der Waals surface area contributed by atoms with Gasteiger partial charge in [-0.25, -0.2) is 10.4 Å². The van der Waals surface area contributed by atoms with Gasteiger partial charge in [-0.05, 0) is 41.7 Å². The predicted octanol–water partition coefficient (Wildman–Crippen LogP) is 1.88. The molecule has 1 unspecified atom stereocenters. The summed E-state index contributed by atoms with van der Waals surface area (Å²) in [5.41, 5.74) is 6.91. The van der Waals surface area contributed by atoms with Crippen LogP contribution >= 0.6 is 0 Å². The van der Waals surface area contributed by atoms with Crippen molar-refractivity contribution >= 4 is 11.4 Å². The van der Waals surface area contributed by atoms with Gasteiger partial charge in [0.15, 0.2) is 5.82 Å². The molecule has 2 aliphatic heterocycles. The Labute approximate surface area is 119 Å². The Morgan fingerprint density at radius 1 is 1.40 bits per heavy atom. The third-order valence-corrected chi connectivity index (χ3v) is 4.28. The van der Waals surface area contributed by atoms with Crippen LogP contribution in [0.25, 0.3) is 5.57 Å². The van der Waals surface area contributed by atoms with E-state index in [4.69, 9.17) is 0 Å². The fourth-order valence-corrected chi connectivity index (χ4v) is 3.28. The Balaban J connectivity index is 2.14. The van der Waals surface area contributed by atoms with Crippen molar-refractivity contribution in [2.45, 2.75) is 13.8 Å². The van der Waals surface area contributed by atoms with E-state index in [9.17, 15) is 5.21 Å². The van der Waals surface area contributed by atoms with E-state index in [2.05, 4.69) is 30.3 Å². The number of nitrogens with one attached hydrogen (secondary N) is 1. The topological polar surface area (TPSA) is 54.5 Å². The molecule has 0 saturated carbocycles. The molecule has 5 nitrogen and oxygen atoms in total. The molecule has 1 aromatic heterocycles. The van der Waals surface area contributed by atoms with Crippen molar-refractivity contribution < 1.29 is 0 Å². The molecule has 5 heteroatoms. The largest absolute Gasteiger partial charge is 0.785 e. The van der Waals surface area contributed by atoms with Crippen LogP contribution < -0.4 is 10.4 Å². The number of hydrogen-bond acceptors (Lipinski definition) is 5. The van der Waals surface area contributed by atoms with Crippen molar-refractivity contribution in [3.8, 4) is 0 Å². The van der Waals surface area contributed by atoms with Gasteiger partial charge in [-0.2, -0.15) is 0 Å². The molecule has 0 spiro atoms. The van der Waals surface area contributed by atoms with Crippen molar-refractivity contribution in [2.24, 2.45) is 11.8 Å². The highest BCUT2D eigenvalue weighted by molar-refractivity contribution is 5.82. The maximum Gasteiger partial charge on any atom is 0.150 e. The van der Waals surface area contributed by atoms with E-state index < -0.39 is 0 Å². The number of nitrogens with zero attached hydrogens (tertiary/aromatic N) is 3. The number of anilines is 1. The molecule has 0 saturated heterocycles. The summed E-state index contributed by atoms with van der Waals surface area (Å²) in [7, 11) is 1.89. The summed E-state index contributed by atoms with van der Waals surface area (Å²) in [6.07, 6.45) is 1.82. The van der Waals surface area contributed by atoms with Gasteiger partial charge in [0.25, 0.3) is 0 Å². The summed E-state index contributed by atoms with van der Waals surface area (Å²) in [5, 5.41) is 15.2. The Kier molecular flexibility index (Phi) is 3.50. The Bertz CT molecular complexity index is 540. The summed E-state index contributed by atoms with van der Waals surface area (Å²) in [5.74, 6) is 1.71. The lowest BCUT2D eigenvalue weighted by Crippen LogP contribution is -2.46. The minimum Gasteiger partial charge on any atom is -0.785 e. The third-order valence-electron chi connectivity index (χ3n) is 4.28. The molecule has 0 aromatic carbocycles. The molecule has 108 valence electrons. The van der Waals surface area contributed by atoms with Crippen LogP contribution in [-0.2, 0) is 0 Å². The molecule has 20 heavy (non-hydrogen) atoms. The fraction of sp³-hybridized carbons (Fsp3) is 0.533. The van der Waals surface area contributed by atoms with Crippen LogP contribution in [0.3, 0.4) is 0 Å². The molecule has 0 bridgehead atoms. The van der Waals surface area contributed by atoms with E-state index in [0.29, 0.717) is 24.9 Å². The van der Waals surface area contributed by atoms with Gasteiger partial charge in [-0.1, -0.05) is 13.8 Å². The molecule has 3 heterocycles. The van der Waals surface area contributed by atoms with Crippen molar-refractivity contribution in [3.63, 3.8) is 0 Å². The average molecular weight is 273 g/mol. The van der Waals surface area contributed by atoms with Gasteiger partial charge in [0.05, 0.1) is 6.54 Å². The van der Waals surface area contributed by atoms with Crippen molar-refractivity contribution in [1.82, 2.24) is 15.5 Å². The molecule has 3 rings (SSSR count). The van der Waals surface area contributed by atoms with Gasteiger partial charge in [0.1, 0.15) is 0 Å². The van der Waals surface area contributed by atoms with E-state index >= 15 is 0 Å². The first-order chi connectivity index (χ1) is 9.61. The van der Waals surface area contributed by atoms with E-state index in [1.807, 2.05) is 24.3 Å². The van der Waals surface area contributed by atoms with Crippen molar-refractivity contribution in [3.05, 3.63) is 34.7 Å². The molecule has 0 radical (unpaired) electrons. The first kappa shape index (κ1) is 13.5. The normalized spacial score (nSPS) is 23.1. The second-order valence-corrected chi connectivity index (χ2v) is 5.87. The number of fused-ring (bicyclic) bond motifs is 2. The highest BCUT2D eigenvalue weighted by atomic mass is 16.5. The molecular formula is C15H21N4O-. The van der Waals surface area contributed by atoms with Gasteiger partial charge < -0.3 is 10.3 Å². The van der Waals surface area contributed by atoms with Crippen molar-refractivity contribution in [1.29, 1.82) is 0 Å². The number of hydrazine groups is 1. The zero-order valence-corrected chi connectivity index (χ0v) is 12.3. The lowest BCUT2D eigenvalue weighted by atomic mass is 9.78. The van der Waals surface area contributed by atoms with E-state index in [1.54, 1.807) is 0 Å². The summed E-state index contributed by atoms with van der Waals surface area (Å²) in [6, 6.07) is 4.10. The number of pyridine rings is 1. The van der Waals surface area contributed by atoms with Crippen LogP contribution in [0, 0.1) is 17.0 Å². The zero-order chi connectivity index (χ0) is 14.3. The highest BCUT2D eigenvalue weighted by Crippen LogP contribution is 2.42. The second kappa shape index (κ2) is 5.16. The highest BCUT2D eigenvalue weighted by Gasteiger charge is 2.33. The van der Waals surface area contributed by atoms with E-state index in [-0.39, 0.29) is 0 Å². The van der Waals surface area contributed by atoms with E-state index in [0.717, 1.165) is 12.4 Å². The van der Waals surface area contributed by atoms with Crippen LogP contribution in [0.15, 0.2) is 23.9 Å². The maximum absolute atomic E-state index is 12.0. The Hall–Kier alpha value is -1.43. The van der Waals surface area contributed by atoms with Crippen molar-refractivity contribution in [2.75, 3.05) is 31.7 Å². The molecule has 1 aromatic rings. The van der Waals surface area contributed by atoms with Crippen LogP contribution in [0.5, 0.6) is 0 Å². The number of rotatable bonds is 2. The third kappa shape index (κ3) is 2.12. The minimum absolute atomic E-state index is 0.290. The monoisotopic (exact) mass is 273 g/mol. The minimum atomic E-state index is 0.290. The van der Waals surface area contributed by atoms with Gasteiger partial charge in [0.2, 0.25) is 0 Å². The van der Waals surface area contributed by atoms with E-state index in [1.165, 1.54) is 21.8 Å². The summed E-state index contributed by atoms with van der Waals surface area (Å²) in [6.45, 7) is 6.21. The van der Waals surface area contributed by atoms with Gasteiger partial charge in [-0.15, -0.1) is 0 Å². The van der Waals surface area contributed by atoms with Gasteiger partial charge >= 0.3 is 0 Å². The summed E-state index contributed by atoms with van der Waals surface area (Å²) >= 11 is 0. The predicted molar refractivity (Wildman–Crippen MR) is 80.8 cm³/mol. The lowest BCUT2D eigenvalue weighted by molar-refractivity contribution is 0.299. The molecule has 1 N–H and O–H groups in total. The zero-order valence-electron chi connectivity index (χ0n) is 12.3. The maximum atomic E-state index is 12.0. The number of aromatic nitrogens is 1. The SMILES string of the molecule is CNN1CC2=C(c3cccnc31)C(C(C)C)CN([O-])C2. The Morgan fingerprint density at radius 3 is 2.90 bits per heavy atom. The lowest BCUT2D eigenvalue weighted by Gasteiger charge is -2.46. The van der Waals surface area contributed by atoms with Crippen LogP contribution in [0.1, 0.15) is 19.4 Å².